The average Bonchev–Trinajstić information content (AvgIpc) is 1.37. The Hall–Kier alpha value is 0.675. The Labute approximate surface area is 42.9 Å². The summed E-state index contributed by atoms with van der Waals surface area (Å²) in [4.78, 5) is 0. The SMILES string of the molecule is C=C[CH2][Hg]. The van der Waals surface area contributed by atoms with Crippen molar-refractivity contribution in [1.82, 2.24) is 0 Å². The van der Waals surface area contributed by atoms with Crippen LogP contribution < -0.4 is 0 Å². The van der Waals surface area contributed by atoms with Gasteiger partial charge < -0.3 is 0 Å². The summed E-state index contributed by atoms with van der Waals surface area (Å²) in [7, 11) is 0. The second kappa shape index (κ2) is 3.68. The quantitative estimate of drug-likeness (QED) is 0.477. The van der Waals surface area contributed by atoms with E-state index in [1.807, 2.05) is 6.08 Å². The fourth-order valence-corrected chi connectivity index (χ4v) is 0. The first-order valence-corrected chi connectivity index (χ1v) is 5.20. The second-order valence-electron chi connectivity index (χ2n) is 0.577. The Morgan fingerprint density at radius 3 is 2.25 bits per heavy atom. The van der Waals surface area contributed by atoms with Gasteiger partial charge in [-0.3, -0.25) is 0 Å². The van der Waals surface area contributed by atoms with Crippen LogP contribution in [0.1, 0.15) is 0 Å². The van der Waals surface area contributed by atoms with Gasteiger partial charge in [-0.2, -0.15) is 0 Å². The minimum absolute atomic E-state index is 0.955. The van der Waals surface area contributed by atoms with Crippen molar-refractivity contribution in [2.45, 2.75) is 3.93 Å². The predicted molar refractivity (Wildman–Crippen MR) is 15.0 cm³/mol. The molecule has 0 aromatic rings. The van der Waals surface area contributed by atoms with Gasteiger partial charge >= 0.3 is 42.7 Å². The molecule has 0 N–H and O–H groups in total. The van der Waals surface area contributed by atoms with Crippen molar-refractivity contribution in [3.8, 4) is 0 Å². The Bertz CT molecular complexity index is 17.2. The molecule has 0 amide bonds. The number of rotatable bonds is 1. The van der Waals surface area contributed by atoms with Crippen LogP contribution in [0.4, 0.5) is 0 Å². The Morgan fingerprint density at radius 1 is 2.00 bits per heavy atom. The van der Waals surface area contributed by atoms with Crippen LogP contribution in [0.25, 0.3) is 0 Å². The Morgan fingerprint density at radius 2 is 2.25 bits per heavy atom. The van der Waals surface area contributed by atoms with Crippen LogP contribution in [0, 0.1) is 0 Å². The molecule has 0 rings (SSSR count). The van der Waals surface area contributed by atoms with E-state index < -0.39 is 0 Å². The van der Waals surface area contributed by atoms with Gasteiger partial charge in [-0.25, -0.2) is 0 Å². The molecule has 0 fully saturated rings. The molecule has 0 saturated carbocycles. The molecule has 0 aromatic heterocycles. The van der Waals surface area contributed by atoms with Crippen molar-refractivity contribution in [1.29, 1.82) is 0 Å². The zero-order valence-electron chi connectivity index (χ0n) is 2.70. The first-order chi connectivity index (χ1) is 1.91. The van der Waals surface area contributed by atoms with Crippen molar-refractivity contribution in [2.24, 2.45) is 0 Å². The predicted octanol–water partition coefficient (Wildman–Crippen LogP) is 1.14. The van der Waals surface area contributed by atoms with Gasteiger partial charge in [0.25, 0.3) is 0 Å². The van der Waals surface area contributed by atoms with Crippen molar-refractivity contribution in [3.63, 3.8) is 0 Å². The van der Waals surface area contributed by atoms with E-state index in [0.29, 0.717) is 0 Å². The van der Waals surface area contributed by atoms with Gasteiger partial charge in [-0.1, -0.05) is 0 Å². The summed E-state index contributed by atoms with van der Waals surface area (Å²) in [5.74, 6) is 0. The molecule has 0 aromatic carbocycles. The topological polar surface area (TPSA) is 0 Å². The standard InChI is InChI=1S/C3H5.Hg/c1-3-2;/h3H,1-2H2;. The van der Waals surface area contributed by atoms with Crippen LogP contribution in [0.15, 0.2) is 12.7 Å². The summed E-state index contributed by atoms with van der Waals surface area (Å²) in [6, 6.07) is 0. The molecule has 0 aliphatic carbocycles. The summed E-state index contributed by atoms with van der Waals surface area (Å²) in [5, 5.41) is 0. The molecule has 0 spiro atoms. The van der Waals surface area contributed by atoms with Gasteiger partial charge in [0.05, 0.1) is 0 Å². The van der Waals surface area contributed by atoms with E-state index in [2.05, 4.69) is 6.58 Å². The van der Waals surface area contributed by atoms with Crippen molar-refractivity contribution in [3.05, 3.63) is 12.7 Å². The summed E-state index contributed by atoms with van der Waals surface area (Å²) in [6.45, 7) is 3.53. The molecule has 0 unspecified atom stereocenters. The Kier molecular flexibility index (Phi) is 4.30. The molecule has 4 heavy (non-hydrogen) atoms. The first kappa shape index (κ1) is 4.68. The second-order valence-corrected chi connectivity index (χ2v) is 2.82. The van der Waals surface area contributed by atoms with E-state index in [0.717, 1.165) is 26.1 Å². The average molecular weight is 242 g/mol. The molecule has 0 atom stereocenters. The maximum absolute atomic E-state index is 3.53. The van der Waals surface area contributed by atoms with E-state index in [9.17, 15) is 0 Å². The molecule has 0 saturated heterocycles. The van der Waals surface area contributed by atoms with Gasteiger partial charge in [0, 0.05) is 0 Å². The summed E-state index contributed by atoms with van der Waals surface area (Å²) >= 11 is 0.955. The fourth-order valence-electron chi connectivity index (χ4n) is 0. The molecule has 0 aliphatic rings. The maximum atomic E-state index is 3.53. The van der Waals surface area contributed by atoms with E-state index in [1.54, 1.807) is 0 Å². The molecule has 0 bridgehead atoms. The number of hydrogen-bond donors (Lipinski definition) is 0. The number of allylic oxidation sites excluding steroid dienone is 1. The third-order valence-corrected chi connectivity index (χ3v) is 1.79. The molecule has 0 radical (unpaired) electrons. The Balaban J connectivity index is 2.30. The zero-order valence-corrected chi connectivity index (χ0v) is 8.20. The van der Waals surface area contributed by atoms with Gasteiger partial charge in [-0.15, -0.1) is 0 Å². The molecule has 1 heteroatoms. The van der Waals surface area contributed by atoms with Crippen LogP contribution in [0.3, 0.4) is 0 Å². The minimum atomic E-state index is 0.955. The molecule has 0 heterocycles. The van der Waals surface area contributed by atoms with Crippen molar-refractivity contribution >= 4 is 0 Å². The van der Waals surface area contributed by atoms with E-state index in [-0.39, 0.29) is 0 Å². The van der Waals surface area contributed by atoms with Crippen LogP contribution in [-0.4, -0.2) is 0 Å². The van der Waals surface area contributed by atoms with Crippen molar-refractivity contribution in [2.75, 3.05) is 0 Å². The third kappa shape index (κ3) is 2.68. The third-order valence-electron chi connectivity index (χ3n) is 0.204. The van der Waals surface area contributed by atoms with Gasteiger partial charge in [0.1, 0.15) is 0 Å². The van der Waals surface area contributed by atoms with Gasteiger partial charge in [0.2, 0.25) is 0 Å². The van der Waals surface area contributed by atoms with E-state index in [4.69, 9.17) is 0 Å². The monoisotopic (exact) mass is 243 g/mol. The fraction of sp³-hybridized carbons (Fsp3) is 0.333. The van der Waals surface area contributed by atoms with Crippen molar-refractivity contribution < 1.29 is 26.1 Å². The molecule has 0 nitrogen and oxygen atoms in total. The van der Waals surface area contributed by atoms with Crippen LogP contribution in [0.5, 0.6) is 0 Å². The van der Waals surface area contributed by atoms with Crippen LogP contribution >= 0.6 is 0 Å². The molecule has 19 valence electrons. The van der Waals surface area contributed by atoms with E-state index >= 15 is 0 Å². The molecular weight excluding hydrogens is 237 g/mol. The van der Waals surface area contributed by atoms with Crippen LogP contribution in [-0.2, 0) is 26.1 Å². The first-order valence-electron chi connectivity index (χ1n) is 1.32. The van der Waals surface area contributed by atoms with Gasteiger partial charge in [-0.05, 0) is 0 Å². The summed E-state index contributed by atoms with van der Waals surface area (Å²) in [5.41, 5.74) is 0. The van der Waals surface area contributed by atoms with Crippen LogP contribution in [0.2, 0.25) is 3.93 Å². The van der Waals surface area contributed by atoms with E-state index in [1.165, 1.54) is 3.93 Å². The molecule has 0 aliphatic heterocycles. The number of hydrogen-bond acceptors (Lipinski definition) is 0. The molecular formula is C3H5Hg. The van der Waals surface area contributed by atoms with Gasteiger partial charge in [0.15, 0.2) is 0 Å². The normalized spacial score (nSPS) is 6.50. The summed E-state index contributed by atoms with van der Waals surface area (Å²) in [6.07, 6.45) is 1.96. The summed E-state index contributed by atoms with van der Waals surface area (Å²) < 4.78 is 1.28. The zero-order chi connectivity index (χ0) is 3.41.